The molecule has 1 heterocycles. The van der Waals surface area contributed by atoms with E-state index in [0.29, 0.717) is 40.4 Å². The number of hydrogen-bond acceptors (Lipinski definition) is 14. The molecule has 8 amide bonds. The Hall–Kier alpha value is -8.03. The summed E-state index contributed by atoms with van der Waals surface area (Å²) in [5.41, 5.74) is 19.6. The standard InChI is InChI=1S/C52H69N11O13S/c1-29(57-47(71)35(54)19-20-43(65)66)46(70)61-40(25-31-15-17-33(64)18-16-31)50(74)58-37(14-8-9-22-53)48(72)62-41(26-32-28-56-36-13-7-6-12-34(32)36)51(75)59-38(21-23-77-2)49(73)63-42(27-44(67)68)52(76)60-39(45(55)69)24-30-10-4-3-5-11-30/h3-7,10-13,15-18,28-29,35,37-42,56,64H,8-9,14,19-27,53-54H2,1-2H3,(H2,55,69)(H,57,71)(H,58,74)(H,59,75)(H,60,76)(H,61,70)(H,62,72)(H,63,73)(H,65,66)(H,67,68)/t29-,35+,37+,38-,39-,40-,41-,42-/m0/s1. The molecule has 0 saturated carbocycles. The van der Waals surface area contributed by atoms with Crippen molar-refractivity contribution in [2.45, 2.75) is 119 Å². The first-order chi connectivity index (χ1) is 36.7. The van der Waals surface area contributed by atoms with Gasteiger partial charge in [-0.15, -0.1) is 0 Å². The zero-order chi connectivity index (χ0) is 56.6. The fourth-order valence-electron chi connectivity index (χ4n) is 7.98. The molecular formula is C52H69N11O13S. The minimum atomic E-state index is -1.73. The summed E-state index contributed by atoms with van der Waals surface area (Å²) in [7, 11) is 0. The van der Waals surface area contributed by atoms with Crippen molar-refractivity contribution in [3.05, 3.63) is 102 Å². The van der Waals surface area contributed by atoms with Gasteiger partial charge in [0.05, 0.1) is 12.5 Å². The van der Waals surface area contributed by atoms with Crippen molar-refractivity contribution in [2.24, 2.45) is 17.2 Å². The highest BCUT2D eigenvalue weighted by atomic mass is 32.2. The van der Waals surface area contributed by atoms with Crippen LogP contribution < -0.4 is 54.4 Å². The maximum absolute atomic E-state index is 14.6. The number of aromatic hydroxyl groups is 1. The SMILES string of the molecule is CSCC[C@H](NC(=O)[C@H](Cc1c[nH]c2ccccc12)NC(=O)[C@@H](CCCCN)NC(=O)[C@H](Cc1ccc(O)cc1)NC(=O)[C@H](C)NC(=O)[C@H](N)CCC(=O)O)C(=O)N[C@@H](CC(=O)O)C(=O)N[C@@H](Cc1ccccc1)C(N)=O. The number of phenols is 1. The number of para-hydroxylation sites is 1. The van der Waals surface area contributed by atoms with Gasteiger partial charge in [0.25, 0.3) is 0 Å². The van der Waals surface area contributed by atoms with Gasteiger partial charge >= 0.3 is 11.9 Å². The number of nitrogens with two attached hydrogens (primary N) is 3. The molecule has 416 valence electrons. The van der Waals surface area contributed by atoms with Crippen molar-refractivity contribution >= 4 is 81.9 Å². The predicted molar refractivity (Wildman–Crippen MR) is 285 cm³/mol. The molecule has 0 radical (unpaired) electrons. The Kier molecular flexibility index (Phi) is 24.9. The second-order valence-electron chi connectivity index (χ2n) is 18.3. The fraction of sp³-hybridized carbons (Fsp3) is 0.423. The predicted octanol–water partition coefficient (Wildman–Crippen LogP) is -0.651. The zero-order valence-electron chi connectivity index (χ0n) is 42.8. The van der Waals surface area contributed by atoms with E-state index in [4.69, 9.17) is 22.3 Å². The number of primary amides is 1. The number of thioether (sulfide) groups is 1. The highest BCUT2D eigenvalue weighted by Crippen LogP contribution is 2.20. The number of aliphatic carboxylic acids is 2. The third kappa shape index (κ3) is 20.6. The first-order valence-corrected chi connectivity index (χ1v) is 26.3. The molecule has 0 bridgehead atoms. The number of aromatic nitrogens is 1. The lowest BCUT2D eigenvalue weighted by Gasteiger charge is -2.28. The van der Waals surface area contributed by atoms with Gasteiger partial charge in [-0.3, -0.25) is 47.9 Å². The maximum Gasteiger partial charge on any atom is 0.305 e. The monoisotopic (exact) mass is 1090 g/mol. The molecule has 0 saturated heterocycles. The molecule has 0 fully saturated rings. The van der Waals surface area contributed by atoms with Gasteiger partial charge in [-0.05, 0) is 92.5 Å². The summed E-state index contributed by atoms with van der Waals surface area (Å²) in [4.78, 5) is 136. The van der Waals surface area contributed by atoms with Crippen molar-refractivity contribution in [3.63, 3.8) is 0 Å². The minimum absolute atomic E-state index is 0.00942. The number of fused-ring (bicyclic) bond motifs is 1. The Morgan fingerprint density at radius 1 is 0.571 bits per heavy atom. The lowest BCUT2D eigenvalue weighted by molar-refractivity contribution is -0.141. The molecule has 3 aromatic carbocycles. The number of H-pyrrole nitrogens is 1. The first-order valence-electron chi connectivity index (χ1n) is 24.9. The van der Waals surface area contributed by atoms with E-state index in [-0.39, 0.29) is 56.6 Å². The molecule has 0 aliphatic rings. The molecule has 1 aromatic heterocycles. The second kappa shape index (κ2) is 31.1. The van der Waals surface area contributed by atoms with Gasteiger partial charge in [0.2, 0.25) is 47.3 Å². The van der Waals surface area contributed by atoms with Crippen LogP contribution in [0.3, 0.4) is 0 Å². The number of rotatable bonds is 33. The summed E-state index contributed by atoms with van der Waals surface area (Å²) in [6.45, 7) is 1.55. The normalized spacial score (nSPS) is 14.2. The van der Waals surface area contributed by atoms with Crippen LogP contribution in [0.2, 0.25) is 0 Å². The molecule has 77 heavy (non-hydrogen) atoms. The summed E-state index contributed by atoms with van der Waals surface area (Å²) in [6.07, 6.45) is 2.20. The van der Waals surface area contributed by atoms with E-state index < -0.39 is 120 Å². The van der Waals surface area contributed by atoms with E-state index in [1.54, 1.807) is 67.0 Å². The van der Waals surface area contributed by atoms with Gasteiger partial charge in [-0.1, -0.05) is 60.7 Å². The Morgan fingerprint density at radius 3 is 1.70 bits per heavy atom. The third-order valence-electron chi connectivity index (χ3n) is 12.3. The highest BCUT2D eigenvalue weighted by molar-refractivity contribution is 7.98. The molecule has 25 heteroatoms. The number of carbonyl (C=O) groups excluding carboxylic acids is 8. The van der Waals surface area contributed by atoms with Crippen LogP contribution in [0.15, 0.2) is 85.1 Å². The smallest absolute Gasteiger partial charge is 0.305 e. The molecule has 0 unspecified atom stereocenters. The summed E-state index contributed by atoms with van der Waals surface area (Å²) < 4.78 is 0. The van der Waals surface area contributed by atoms with E-state index in [1.165, 1.54) is 43.0 Å². The Morgan fingerprint density at radius 2 is 1.09 bits per heavy atom. The van der Waals surface area contributed by atoms with Gasteiger partial charge in [-0.2, -0.15) is 11.8 Å². The van der Waals surface area contributed by atoms with Crippen molar-refractivity contribution in [2.75, 3.05) is 18.6 Å². The molecule has 8 atom stereocenters. The largest absolute Gasteiger partial charge is 0.508 e. The molecule has 4 aromatic rings. The molecule has 0 aliphatic heterocycles. The third-order valence-corrected chi connectivity index (χ3v) is 12.9. The van der Waals surface area contributed by atoms with Crippen molar-refractivity contribution in [3.8, 4) is 5.75 Å². The van der Waals surface area contributed by atoms with Crippen molar-refractivity contribution in [1.29, 1.82) is 0 Å². The number of carboxylic acid groups (broad SMARTS) is 2. The molecule has 17 N–H and O–H groups in total. The van der Waals surface area contributed by atoms with Crippen LogP contribution in [0.5, 0.6) is 5.75 Å². The molecule has 0 aliphatic carbocycles. The second-order valence-corrected chi connectivity index (χ2v) is 19.3. The number of hydrogen-bond donors (Lipinski definition) is 14. The van der Waals surface area contributed by atoms with Gasteiger partial charge in [0.15, 0.2) is 0 Å². The summed E-state index contributed by atoms with van der Waals surface area (Å²) >= 11 is 1.32. The van der Waals surface area contributed by atoms with Gasteiger partial charge < -0.3 is 74.7 Å². The lowest BCUT2D eigenvalue weighted by Crippen LogP contribution is -2.60. The molecule has 4 rings (SSSR count). The van der Waals surface area contributed by atoms with E-state index >= 15 is 0 Å². The molecule has 24 nitrogen and oxygen atoms in total. The average molecular weight is 1090 g/mol. The molecular weight excluding hydrogens is 1020 g/mol. The van der Waals surface area contributed by atoms with Gasteiger partial charge in [-0.25, -0.2) is 0 Å². The van der Waals surface area contributed by atoms with Crippen molar-refractivity contribution in [1.82, 2.24) is 42.2 Å². The summed E-state index contributed by atoms with van der Waals surface area (Å²) in [5.74, 6) is -9.54. The van der Waals surface area contributed by atoms with Crippen LogP contribution in [-0.4, -0.2) is 146 Å². The van der Waals surface area contributed by atoms with Crippen LogP contribution in [0.1, 0.15) is 68.6 Å². The number of phenolic OH excluding ortho intramolecular Hbond substituents is 1. The Labute approximate surface area is 448 Å². The summed E-state index contributed by atoms with van der Waals surface area (Å²) in [5, 5.41) is 47.4. The number of benzene rings is 3. The summed E-state index contributed by atoms with van der Waals surface area (Å²) in [6, 6.07) is 10.3. The van der Waals surface area contributed by atoms with E-state index in [0.717, 1.165) is 0 Å². The number of aromatic amines is 1. The Balaban J connectivity index is 1.63. The van der Waals surface area contributed by atoms with Crippen molar-refractivity contribution < 1.29 is 63.3 Å². The Bertz CT molecular complexity index is 2670. The van der Waals surface area contributed by atoms with Crippen LogP contribution in [0.25, 0.3) is 10.9 Å². The van der Waals surface area contributed by atoms with Gasteiger partial charge in [0.1, 0.15) is 48.0 Å². The van der Waals surface area contributed by atoms with Crippen LogP contribution >= 0.6 is 11.8 Å². The van der Waals surface area contributed by atoms with E-state index in [1.807, 2.05) is 0 Å². The topological polar surface area (TPSA) is 409 Å². The number of carboxylic acids is 2. The fourth-order valence-corrected chi connectivity index (χ4v) is 8.46. The lowest BCUT2D eigenvalue weighted by atomic mass is 10.0. The van der Waals surface area contributed by atoms with Crippen LogP contribution in [0, 0.1) is 0 Å². The number of carbonyl (C=O) groups is 10. The zero-order valence-corrected chi connectivity index (χ0v) is 43.6. The van der Waals surface area contributed by atoms with Gasteiger partial charge in [0, 0.05) is 42.8 Å². The quantitative estimate of drug-likeness (QED) is 0.0264. The van der Waals surface area contributed by atoms with E-state index in [2.05, 4.69) is 42.2 Å². The van der Waals surface area contributed by atoms with Crippen LogP contribution in [-0.2, 0) is 67.2 Å². The van der Waals surface area contributed by atoms with Crippen LogP contribution in [0.4, 0.5) is 0 Å². The average Bonchev–Trinajstić information content (AvgIpc) is 3.82. The minimum Gasteiger partial charge on any atom is -0.508 e. The number of nitrogens with one attached hydrogen (secondary N) is 8. The van der Waals surface area contributed by atoms with E-state index in [9.17, 15) is 58.2 Å². The molecule has 0 spiro atoms. The number of amides is 8. The highest BCUT2D eigenvalue weighted by Gasteiger charge is 2.35. The first kappa shape index (κ1) is 61.5. The number of unbranched alkanes of at least 4 members (excludes halogenated alkanes) is 1. The maximum atomic E-state index is 14.6.